The normalized spacial score (nSPS) is 10.7. The molecule has 0 saturated heterocycles. The van der Waals surface area contributed by atoms with Gasteiger partial charge in [-0.05, 0) is 25.1 Å². The van der Waals surface area contributed by atoms with Crippen LogP contribution in [0.2, 0.25) is 5.02 Å². The van der Waals surface area contributed by atoms with Gasteiger partial charge in [0, 0.05) is 19.0 Å². The largest absolute Gasteiger partial charge is 0.331 e. The molecule has 0 atom stereocenters. The number of halogens is 1. The number of nitrogens with zero attached hydrogens (tertiary/aromatic N) is 3. The van der Waals surface area contributed by atoms with Crippen LogP contribution in [0.25, 0.3) is 10.8 Å². The fraction of sp³-hybridized carbons (Fsp3) is 0.200. The molecule has 0 spiro atoms. The van der Waals surface area contributed by atoms with Crippen molar-refractivity contribution in [3.05, 3.63) is 69.6 Å². The summed E-state index contributed by atoms with van der Waals surface area (Å²) in [5, 5.41) is 8.16. The van der Waals surface area contributed by atoms with Gasteiger partial charge in [0.15, 0.2) is 5.69 Å². The maximum Gasteiger partial charge on any atom is 0.275 e. The predicted molar refractivity (Wildman–Crippen MR) is 109 cm³/mol. The number of carbonyl (C=O) groups excluding carboxylic acids is 2. The lowest BCUT2D eigenvalue weighted by molar-refractivity contribution is -0.116. The summed E-state index contributed by atoms with van der Waals surface area (Å²) in [6.45, 7) is 1.92. The van der Waals surface area contributed by atoms with E-state index in [4.69, 9.17) is 11.6 Å². The molecule has 28 heavy (non-hydrogen) atoms. The summed E-state index contributed by atoms with van der Waals surface area (Å²) >= 11 is 6.04. The smallest absolute Gasteiger partial charge is 0.275 e. The number of rotatable bonds is 5. The second kappa shape index (κ2) is 8.22. The van der Waals surface area contributed by atoms with Gasteiger partial charge in [-0.3, -0.25) is 14.4 Å². The predicted octanol–water partition coefficient (Wildman–Crippen LogP) is 2.78. The van der Waals surface area contributed by atoms with Gasteiger partial charge in [0.1, 0.15) is 0 Å². The molecule has 2 aromatic carbocycles. The summed E-state index contributed by atoms with van der Waals surface area (Å²) in [7, 11) is 1.51. The Hall–Kier alpha value is -3.19. The second-order valence-electron chi connectivity index (χ2n) is 6.20. The lowest BCUT2D eigenvalue weighted by Gasteiger charge is -2.18. The zero-order valence-electron chi connectivity index (χ0n) is 15.5. The molecule has 1 heterocycles. The van der Waals surface area contributed by atoms with Crippen molar-refractivity contribution < 1.29 is 9.59 Å². The van der Waals surface area contributed by atoms with Crippen LogP contribution in [0.5, 0.6) is 0 Å². The first-order valence-electron chi connectivity index (χ1n) is 8.72. The Bertz CT molecular complexity index is 1110. The molecule has 2 amide bonds. The van der Waals surface area contributed by atoms with E-state index in [0.29, 0.717) is 28.0 Å². The molecule has 144 valence electrons. The summed E-state index contributed by atoms with van der Waals surface area (Å²) in [6.07, 6.45) is 0. The highest BCUT2D eigenvalue weighted by molar-refractivity contribution is 6.33. The number of nitrogens with one attached hydrogen (secondary N) is 1. The first kappa shape index (κ1) is 19.6. The van der Waals surface area contributed by atoms with E-state index in [2.05, 4.69) is 10.4 Å². The van der Waals surface area contributed by atoms with Crippen molar-refractivity contribution in [1.29, 1.82) is 0 Å². The first-order chi connectivity index (χ1) is 13.4. The third-order valence-corrected chi connectivity index (χ3v) is 4.57. The zero-order valence-corrected chi connectivity index (χ0v) is 16.2. The molecule has 0 bridgehead atoms. The van der Waals surface area contributed by atoms with E-state index < -0.39 is 11.8 Å². The van der Waals surface area contributed by atoms with Crippen molar-refractivity contribution in [2.24, 2.45) is 0 Å². The molecule has 0 fully saturated rings. The van der Waals surface area contributed by atoms with E-state index >= 15 is 0 Å². The standard InChI is InChI=1S/C20H19ClN4O3/c1-3-25-19(27)14-9-5-4-8-13(14)18(23-25)20(28)24(2)12-17(26)22-16-11-7-6-10-15(16)21/h4-11H,3,12H2,1-2H3,(H,22,26). The highest BCUT2D eigenvalue weighted by Crippen LogP contribution is 2.20. The third kappa shape index (κ3) is 3.89. The summed E-state index contributed by atoms with van der Waals surface area (Å²) < 4.78 is 1.24. The molecule has 0 aliphatic rings. The van der Waals surface area contributed by atoms with Crippen LogP contribution in [-0.2, 0) is 11.3 Å². The van der Waals surface area contributed by atoms with Crippen LogP contribution in [0, 0.1) is 0 Å². The van der Waals surface area contributed by atoms with Gasteiger partial charge in [-0.2, -0.15) is 5.10 Å². The van der Waals surface area contributed by atoms with Crippen molar-refractivity contribution in [3.63, 3.8) is 0 Å². The molecular formula is C20H19ClN4O3. The summed E-state index contributed by atoms with van der Waals surface area (Å²) in [5.74, 6) is -0.843. The van der Waals surface area contributed by atoms with Gasteiger partial charge >= 0.3 is 0 Å². The average molecular weight is 399 g/mol. The molecule has 1 aromatic heterocycles. The van der Waals surface area contributed by atoms with Gasteiger partial charge in [0.2, 0.25) is 5.91 Å². The SMILES string of the molecule is CCn1nc(C(=O)N(C)CC(=O)Nc2ccccc2Cl)c2ccccc2c1=O. The summed E-state index contributed by atoms with van der Waals surface area (Å²) in [5.41, 5.74) is 0.344. The third-order valence-electron chi connectivity index (χ3n) is 4.25. The van der Waals surface area contributed by atoms with Gasteiger partial charge in [-0.25, -0.2) is 4.68 Å². The minimum atomic E-state index is -0.451. The van der Waals surface area contributed by atoms with Crippen molar-refractivity contribution in [2.75, 3.05) is 18.9 Å². The fourth-order valence-corrected chi connectivity index (χ4v) is 3.01. The number of fused-ring (bicyclic) bond motifs is 1. The minimum Gasteiger partial charge on any atom is -0.331 e. The number of amides is 2. The Morgan fingerprint density at radius 2 is 1.75 bits per heavy atom. The Morgan fingerprint density at radius 3 is 2.43 bits per heavy atom. The van der Waals surface area contributed by atoms with Crippen molar-refractivity contribution in [2.45, 2.75) is 13.5 Å². The van der Waals surface area contributed by atoms with E-state index in [9.17, 15) is 14.4 Å². The van der Waals surface area contributed by atoms with Crippen LogP contribution in [-0.4, -0.2) is 40.1 Å². The average Bonchev–Trinajstić information content (AvgIpc) is 2.69. The molecule has 0 saturated carbocycles. The number of aryl methyl sites for hydroxylation is 1. The minimum absolute atomic E-state index is 0.130. The quantitative estimate of drug-likeness (QED) is 0.716. The Kier molecular flexibility index (Phi) is 5.75. The van der Waals surface area contributed by atoms with E-state index in [1.54, 1.807) is 55.5 Å². The lowest BCUT2D eigenvalue weighted by atomic mass is 10.1. The lowest BCUT2D eigenvalue weighted by Crippen LogP contribution is -2.37. The number of likely N-dealkylation sites (N-methyl/N-ethyl adjacent to an activating group) is 1. The topological polar surface area (TPSA) is 84.3 Å². The monoisotopic (exact) mass is 398 g/mol. The van der Waals surface area contributed by atoms with Crippen LogP contribution in [0.1, 0.15) is 17.4 Å². The maximum absolute atomic E-state index is 12.9. The summed E-state index contributed by atoms with van der Waals surface area (Å²) in [6, 6.07) is 13.7. The Balaban J connectivity index is 1.85. The highest BCUT2D eigenvalue weighted by Gasteiger charge is 2.21. The van der Waals surface area contributed by atoms with Crippen molar-refractivity contribution in [1.82, 2.24) is 14.7 Å². The van der Waals surface area contributed by atoms with E-state index in [1.807, 2.05) is 0 Å². The van der Waals surface area contributed by atoms with E-state index in [-0.39, 0.29) is 17.8 Å². The fourth-order valence-electron chi connectivity index (χ4n) is 2.83. The molecule has 7 nitrogen and oxygen atoms in total. The van der Waals surface area contributed by atoms with Gasteiger partial charge in [-0.15, -0.1) is 0 Å². The first-order valence-corrected chi connectivity index (χ1v) is 9.10. The van der Waals surface area contributed by atoms with Crippen LogP contribution in [0.4, 0.5) is 5.69 Å². The summed E-state index contributed by atoms with van der Waals surface area (Å²) in [4.78, 5) is 38.9. The zero-order chi connectivity index (χ0) is 20.3. The second-order valence-corrected chi connectivity index (χ2v) is 6.61. The number of carbonyl (C=O) groups is 2. The van der Waals surface area contributed by atoms with Crippen LogP contribution in [0.3, 0.4) is 0 Å². The number of benzene rings is 2. The maximum atomic E-state index is 12.9. The van der Waals surface area contributed by atoms with Gasteiger partial charge in [0.05, 0.1) is 22.6 Å². The molecule has 8 heteroatoms. The number of hydrogen-bond donors (Lipinski definition) is 1. The van der Waals surface area contributed by atoms with Gasteiger partial charge in [-0.1, -0.05) is 41.9 Å². The van der Waals surface area contributed by atoms with Gasteiger partial charge in [0.25, 0.3) is 11.5 Å². The molecule has 3 rings (SSSR count). The Labute approximate surface area is 166 Å². The molecular weight excluding hydrogens is 380 g/mol. The van der Waals surface area contributed by atoms with E-state index in [0.717, 1.165) is 0 Å². The van der Waals surface area contributed by atoms with Gasteiger partial charge < -0.3 is 10.2 Å². The number of aromatic nitrogens is 2. The molecule has 0 radical (unpaired) electrons. The molecule has 0 unspecified atom stereocenters. The van der Waals surface area contributed by atoms with E-state index in [1.165, 1.54) is 16.6 Å². The molecule has 3 aromatic rings. The van der Waals surface area contributed by atoms with Crippen LogP contribution >= 0.6 is 11.6 Å². The molecule has 0 aliphatic heterocycles. The van der Waals surface area contributed by atoms with Crippen LogP contribution < -0.4 is 10.9 Å². The molecule has 0 aliphatic carbocycles. The Morgan fingerprint density at radius 1 is 1.11 bits per heavy atom. The highest BCUT2D eigenvalue weighted by atomic mass is 35.5. The van der Waals surface area contributed by atoms with Crippen molar-refractivity contribution >= 4 is 39.9 Å². The number of para-hydroxylation sites is 1. The van der Waals surface area contributed by atoms with Crippen molar-refractivity contribution in [3.8, 4) is 0 Å². The van der Waals surface area contributed by atoms with Crippen LogP contribution in [0.15, 0.2) is 53.3 Å². The number of anilines is 1. The number of hydrogen-bond acceptors (Lipinski definition) is 4. The molecule has 1 N–H and O–H groups in total.